The Balaban J connectivity index is 1.38. The molecule has 170 valence electrons. The van der Waals surface area contributed by atoms with Crippen molar-refractivity contribution in [2.24, 2.45) is 0 Å². The number of benzene rings is 2. The highest BCUT2D eigenvalue weighted by Crippen LogP contribution is 2.23. The fraction of sp³-hybridized carbons (Fsp3) is 0.259. The van der Waals surface area contributed by atoms with E-state index in [1.165, 1.54) is 12.7 Å². The number of aromatic nitrogens is 2. The fourth-order valence-corrected chi connectivity index (χ4v) is 3.91. The lowest BCUT2D eigenvalue weighted by Crippen LogP contribution is -2.22. The van der Waals surface area contributed by atoms with Gasteiger partial charge in [-0.05, 0) is 49.4 Å². The minimum atomic E-state index is -0.368. The fourth-order valence-electron chi connectivity index (χ4n) is 3.91. The van der Waals surface area contributed by atoms with Crippen molar-refractivity contribution in [3.8, 4) is 11.5 Å². The van der Waals surface area contributed by atoms with Crippen LogP contribution in [0.3, 0.4) is 0 Å². The second-order valence-electron chi connectivity index (χ2n) is 8.25. The predicted octanol–water partition coefficient (Wildman–Crippen LogP) is 5.04. The molecule has 0 aliphatic heterocycles. The number of ether oxygens (including phenoxy) is 1. The largest absolute Gasteiger partial charge is 0.467 e. The molecule has 0 N–H and O–H groups in total. The second kappa shape index (κ2) is 10.3. The van der Waals surface area contributed by atoms with Gasteiger partial charge in [-0.25, -0.2) is 9.78 Å². The zero-order valence-electron chi connectivity index (χ0n) is 19.3. The standard InChI is InChI=1S/C27H29N3O3/c1-20-24(28-26(33-20)23-9-5-4-6-10-23)19-29(2)18-22-13-11-21(12-14-22)17-25(27(31)32-3)30-15-7-8-16-30/h4-16,25H,17-19H2,1-3H3. The molecular formula is C27H29N3O3. The van der Waals surface area contributed by atoms with Gasteiger partial charge in [-0.3, -0.25) is 4.90 Å². The molecule has 0 amide bonds. The van der Waals surface area contributed by atoms with Gasteiger partial charge in [0, 0.05) is 37.5 Å². The summed E-state index contributed by atoms with van der Waals surface area (Å²) in [6.07, 6.45) is 4.36. The number of nitrogens with zero attached hydrogens (tertiary/aromatic N) is 3. The third-order valence-corrected chi connectivity index (χ3v) is 5.70. The van der Waals surface area contributed by atoms with Crippen LogP contribution in [0.1, 0.15) is 28.6 Å². The maximum Gasteiger partial charge on any atom is 0.329 e. The van der Waals surface area contributed by atoms with Crippen molar-refractivity contribution in [2.45, 2.75) is 32.5 Å². The van der Waals surface area contributed by atoms with Gasteiger partial charge in [0.15, 0.2) is 0 Å². The summed E-state index contributed by atoms with van der Waals surface area (Å²) in [7, 11) is 3.50. The van der Waals surface area contributed by atoms with Crippen LogP contribution in [0.4, 0.5) is 0 Å². The monoisotopic (exact) mass is 443 g/mol. The summed E-state index contributed by atoms with van der Waals surface area (Å²) in [6.45, 7) is 3.44. The average molecular weight is 444 g/mol. The van der Waals surface area contributed by atoms with E-state index in [0.717, 1.165) is 29.1 Å². The van der Waals surface area contributed by atoms with E-state index in [2.05, 4.69) is 36.2 Å². The maximum atomic E-state index is 12.3. The summed E-state index contributed by atoms with van der Waals surface area (Å²) in [4.78, 5) is 19.2. The van der Waals surface area contributed by atoms with Crippen LogP contribution in [0.5, 0.6) is 0 Å². The van der Waals surface area contributed by atoms with Gasteiger partial charge in [0.05, 0.1) is 12.8 Å². The smallest absolute Gasteiger partial charge is 0.329 e. The van der Waals surface area contributed by atoms with Crippen molar-refractivity contribution in [2.75, 3.05) is 14.2 Å². The Morgan fingerprint density at radius 3 is 2.33 bits per heavy atom. The number of methoxy groups -OCH3 is 1. The van der Waals surface area contributed by atoms with Gasteiger partial charge in [-0.1, -0.05) is 42.5 Å². The molecule has 6 nitrogen and oxygen atoms in total. The van der Waals surface area contributed by atoms with Gasteiger partial charge in [0.2, 0.25) is 5.89 Å². The number of aryl methyl sites for hydroxylation is 1. The molecule has 0 bridgehead atoms. The summed E-state index contributed by atoms with van der Waals surface area (Å²) in [5, 5.41) is 0. The lowest BCUT2D eigenvalue weighted by atomic mass is 10.0. The first-order valence-corrected chi connectivity index (χ1v) is 11.0. The molecule has 0 radical (unpaired) electrons. The first-order chi connectivity index (χ1) is 16.0. The Morgan fingerprint density at radius 1 is 1.00 bits per heavy atom. The molecule has 4 aromatic rings. The number of oxazole rings is 1. The first kappa shape index (κ1) is 22.6. The van der Waals surface area contributed by atoms with Gasteiger partial charge in [-0.15, -0.1) is 0 Å². The predicted molar refractivity (Wildman–Crippen MR) is 127 cm³/mol. The Morgan fingerprint density at radius 2 is 1.67 bits per heavy atom. The topological polar surface area (TPSA) is 60.5 Å². The summed E-state index contributed by atoms with van der Waals surface area (Å²) >= 11 is 0. The van der Waals surface area contributed by atoms with Crippen LogP contribution in [0.2, 0.25) is 0 Å². The van der Waals surface area contributed by atoms with Gasteiger partial charge in [0.1, 0.15) is 11.8 Å². The molecule has 2 aromatic heterocycles. The van der Waals surface area contributed by atoms with Gasteiger partial charge in [0.25, 0.3) is 0 Å². The Hall–Kier alpha value is -3.64. The van der Waals surface area contributed by atoms with Crippen LogP contribution < -0.4 is 0 Å². The normalized spacial score (nSPS) is 12.1. The Kier molecular flexibility index (Phi) is 7.05. The third kappa shape index (κ3) is 5.59. The number of rotatable bonds is 9. The van der Waals surface area contributed by atoms with E-state index >= 15 is 0 Å². The summed E-state index contributed by atoms with van der Waals surface area (Å²) in [5.74, 6) is 1.26. The van der Waals surface area contributed by atoms with Crippen LogP contribution in [-0.2, 0) is 29.0 Å². The van der Waals surface area contributed by atoms with Gasteiger partial charge >= 0.3 is 5.97 Å². The van der Waals surface area contributed by atoms with Gasteiger partial charge < -0.3 is 13.7 Å². The highest BCUT2D eigenvalue weighted by atomic mass is 16.5. The van der Waals surface area contributed by atoms with Gasteiger partial charge in [-0.2, -0.15) is 0 Å². The number of esters is 1. The number of hydrogen-bond donors (Lipinski definition) is 0. The van der Waals surface area contributed by atoms with Crippen molar-refractivity contribution >= 4 is 5.97 Å². The quantitative estimate of drug-likeness (QED) is 0.339. The zero-order chi connectivity index (χ0) is 23.2. The SMILES string of the molecule is COC(=O)C(Cc1ccc(CN(C)Cc2nc(-c3ccccc3)oc2C)cc1)n1cccc1. The minimum Gasteiger partial charge on any atom is -0.467 e. The van der Waals surface area contributed by atoms with E-state index in [-0.39, 0.29) is 12.0 Å². The van der Waals surface area contributed by atoms with Crippen molar-refractivity contribution in [1.82, 2.24) is 14.5 Å². The minimum absolute atomic E-state index is 0.243. The molecule has 0 saturated heterocycles. The molecule has 0 spiro atoms. The van der Waals surface area contributed by atoms with Crippen LogP contribution >= 0.6 is 0 Å². The molecule has 1 atom stereocenters. The first-order valence-electron chi connectivity index (χ1n) is 11.0. The molecule has 0 saturated carbocycles. The lowest BCUT2D eigenvalue weighted by molar-refractivity contribution is -0.144. The third-order valence-electron chi connectivity index (χ3n) is 5.70. The number of carbonyl (C=O) groups is 1. The Labute approximate surface area is 194 Å². The van der Waals surface area contributed by atoms with Crippen molar-refractivity contribution < 1.29 is 13.9 Å². The maximum absolute atomic E-state index is 12.3. The molecule has 2 heterocycles. The lowest BCUT2D eigenvalue weighted by Gasteiger charge is -2.18. The molecule has 33 heavy (non-hydrogen) atoms. The van der Waals surface area contributed by atoms with E-state index in [1.54, 1.807) is 0 Å². The molecule has 0 aliphatic rings. The average Bonchev–Trinajstić information content (AvgIpc) is 3.49. The van der Waals surface area contributed by atoms with E-state index in [9.17, 15) is 4.79 Å². The second-order valence-corrected chi connectivity index (χ2v) is 8.25. The number of hydrogen-bond acceptors (Lipinski definition) is 5. The van der Waals surface area contributed by atoms with Crippen LogP contribution in [0.25, 0.3) is 11.5 Å². The molecule has 2 aromatic carbocycles. The summed E-state index contributed by atoms with van der Waals surface area (Å²) in [6, 6.07) is 21.8. The highest BCUT2D eigenvalue weighted by molar-refractivity contribution is 5.74. The van der Waals surface area contributed by atoms with E-state index in [4.69, 9.17) is 14.1 Å². The van der Waals surface area contributed by atoms with E-state index in [0.29, 0.717) is 18.9 Å². The highest BCUT2D eigenvalue weighted by Gasteiger charge is 2.21. The van der Waals surface area contributed by atoms with E-state index < -0.39 is 0 Å². The molecule has 1 unspecified atom stereocenters. The van der Waals surface area contributed by atoms with Crippen molar-refractivity contribution in [3.63, 3.8) is 0 Å². The number of carbonyl (C=O) groups excluding carboxylic acids is 1. The molecule has 0 aliphatic carbocycles. The van der Waals surface area contributed by atoms with E-state index in [1.807, 2.05) is 66.3 Å². The van der Waals surface area contributed by atoms with Crippen LogP contribution in [0, 0.1) is 6.92 Å². The van der Waals surface area contributed by atoms with Crippen LogP contribution in [0.15, 0.2) is 83.5 Å². The molecular weight excluding hydrogens is 414 g/mol. The molecule has 0 fully saturated rings. The molecule has 6 heteroatoms. The Bertz CT molecular complexity index is 1170. The summed E-state index contributed by atoms with van der Waals surface area (Å²) in [5.41, 5.74) is 4.21. The van der Waals surface area contributed by atoms with Crippen LogP contribution in [-0.4, -0.2) is 34.6 Å². The van der Waals surface area contributed by atoms with Crippen molar-refractivity contribution in [3.05, 3.63) is 102 Å². The van der Waals surface area contributed by atoms with Crippen molar-refractivity contribution in [1.29, 1.82) is 0 Å². The summed E-state index contributed by atoms with van der Waals surface area (Å²) < 4.78 is 12.8. The zero-order valence-corrected chi connectivity index (χ0v) is 19.3. The molecule has 4 rings (SSSR count).